The molecule has 2 heterocycles. The summed E-state index contributed by atoms with van der Waals surface area (Å²) in [7, 11) is 1.37. The van der Waals surface area contributed by atoms with Crippen LogP contribution in [0.2, 0.25) is 0 Å². The third-order valence-electron chi connectivity index (χ3n) is 2.92. The predicted molar refractivity (Wildman–Crippen MR) is 74.7 cm³/mol. The van der Waals surface area contributed by atoms with E-state index in [0.717, 1.165) is 16.3 Å². The molecule has 0 spiro atoms. The van der Waals surface area contributed by atoms with Gasteiger partial charge in [0.2, 0.25) is 5.88 Å². The fraction of sp³-hybridized carbons (Fsp3) is 0.231. The number of benzene rings is 1. The summed E-state index contributed by atoms with van der Waals surface area (Å²) in [5.74, 6) is 0.250. The van der Waals surface area contributed by atoms with Gasteiger partial charge in [-0.2, -0.15) is 23.3 Å². The Morgan fingerprint density at radius 3 is 2.64 bits per heavy atom. The smallest absolute Gasteiger partial charge is 0.435 e. The summed E-state index contributed by atoms with van der Waals surface area (Å²) in [5, 5.41) is 3.40. The lowest BCUT2D eigenvalue weighted by Gasteiger charge is -2.06. The topological polar surface area (TPSA) is 53.1 Å². The molecule has 0 saturated carbocycles. The van der Waals surface area contributed by atoms with Crippen LogP contribution in [0.4, 0.5) is 13.2 Å². The molecule has 3 rings (SSSR count). The number of hydrogen-bond acceptors (Lipinski definition) is 4. The van der Waals surface area contributed by atoms with Crippen LogP contribution in [0.15, 0.2) is 27.4 Å². The van der Waals surface area contributed by atoms with E-state index in [-0.39, 0.29) is 10.7 Å². The molecule has 0 fully saturated rings. The van der Waals surface area contributed by atoms with Gasteiger partial charge in [-0.15, -0.1) is 0 Å². The first-order valence-electron chi connectivity index (χ1n) is 6.10. The van der Waals surface area contributed by atoms with Crippen molar-refractivity contribution in [1.82, 2.24) is 14.8 Å². The van der Waals surface area contributed by atoms with Crippen molar-refractivity contribution in [3.63, 3.8) is 0 Å². The Balaban J connectivity index is 2.05. The molecule has 5 nitrogen and oxygen atoms in total. The van der Waals surface area contributed by atoms with Gasteiger partial charge in [0.1, 0.15) is 0 Å². The second-order valence-corrected chi connectivity index (χ2v) is 5.35. The second-order valence-electron chi connectivity index (χ2n) is 4.67. The van der Waals surface area contributed by atoms with Gasteiger partial charge in [0.05, 0.1) is 0 Å². The van der Waals surface area contributed by atoms with Gasteiger partial charge in [-0.1, -0.05) is 0 Å². The predicted octanol–water partition coefficient (Wildman–Crippen LogP) is 4.44. The van der Waals surface area contributed by atoms with Crippen molar-refractivity contribution in [3.8, 4) is 11.6 Å². The molecule has 22 heavy (non-hydrogen) atoms. The lowest BCUT2D eigenvalue weighted by Crippen LogP contribution is -2.06. The van der Waals surface area contributed by atoms with Gasteiger partial charge < -0.3 is 9.15 Å². The Hall–Kier alpha value is -2.03. The van der Waals surface area contributed by atoms with E-state index in [9.17, 15) is 13.2 Å². The molecule has 3 aromatic rings. The van der Waals surface area contributed by atoms with Crippen LogP contribution in [0, 0.1) is 6.92 Å². The maximum Gasteiger partial charge on any atom is 0.435 e. The summed E-state index contributed by atoms with van der Waals surface area (Å²) in [4.78, 5) is 4.37. The zero-order valence-corrected chi connectivity index (χ0v) is 13.0. The van der Waals surface area contributed by atoms with Crippen LogP contribution < -0.4 is 4.74 Å². The molecule has 0 aliphatic carbocycles. The zero-order chi connectivity index (χ0) is 16.1. The van der Waals surface area contributed by atoms with E-state index in [0.29, 0.717) is 16.8 Å². The van der Waals surface area contributed by atoms with Gasteiger partial charge in [-0.25, -0.2) is 4.68 Å². The molecule has 1 aromatic carbocycles. The largest absolute Gasteiger partial charge is 0.437 e. The molecular formula is C13H9BrF3N3O2. The standard InChI is InChI=1S/C13H9BrF3N3O2/c1-6-3-7(11-8(4-6)22-12(14)18-11)21-10-5-9(13(15,16)17)19-20(10)2/h3-5H,1-2H3. The van der Waals surface area contributed by atoms with Crippen LogP contribution in [0.3, 0.4) is 0 Å². The molecule has 0 radical (unpaired) electrons. The average molecular weight is 376 g/mol. The molecule has 0 aliphatic heterocycles. The number of fused-ring (bicyclic) bond motifs is 1. The molecule has 0 atom stereocenters. The number of aryl methyl sites for hydroxylation is 2. The number of rotatable bonds is 2. The Morgan fingerprint density at radius 2 is 2.00 bits per heavy atom. The number of oxazole rings is 1. The molecule has 2 aromatic heterocycles. The third-order valence-corrected chi connectivity index (χ3v) is 3.26. The van der Waals surface area contributed by atoms with Gasteiger partial charge in [0.15, 0.2) is 22.5 Å². The van der Waals surface area contributed by atoms with Crippen molar-refractivity contribution in [2.75, 3.05) is 0 Å². The Labute approximate surface area is 130 Å². The van der Waals surface area contributed by atoms with Gasteiger partial charge in [-0.3, -0.25) is 0 Å². The molecule has 9 heteroatoms. The summed E-state index contributed by atoms with van der Waals surface area (Å²) >= 11 is 3.11. The van der Waals surface area contributed by atoms with Crippen molar-refractivity contribution in [2.24, 2.45) is 7.05 Å². The minimum atomic E-state index is -4.53. The van der Waals surface area contributed by atoms with Crippen LogP contribution in [-0.2, 0) is 13.2 Å². The number of alkyl halides is 3. The SMILES string of the molecule is Cc1cc(Oc2cc(C(F)(F)F)nn2C)c2nc(Br)oc2c1. The Morgan fingerprint density at radius 1 is 1.27 bits per heavy atom. The van der Waals surface area contributed by atoms with Gasteiger partial charge in [0.25, 0.3) is 4.80 Å². The van der Waals surface area contributed by atoms with Gasteiger partial charge in [-0.05, 0) is 24.6 Å². The molecule has 0 aliphatic rings. The van der Waals surface area contributed by atoms with Crippen LogP contribution in [0.25, 0.3) is 11.1 Å². The lowest BCUT2D eigenvalue weighted by molar-refractivity contribution is -0.141. The van der Waals surface area contributed by atoms with Crippen molar-refractivity contribution >= 4 is 27.0 Å². The number of aromatic nitrogens is 3. The first-order valence-corrected chi connectivity index (χ1v) is 6.89. The number of halogens is 4. The van der Waals surface area contributed by atoms with E-state index in [1.165, 1.54) is 7.05 Å². The summed E-state index contributed by atoms with van der Waals surface area (Å²) in [6, 6.07) is 4.26. The normalized spacial score (nSPS) is 12.1. The number of ether oxygens (including phenoxy) is 1. The van der Waals surface area contributed by atoms with Crippen molar-refractivity contribution in [1.29, 1.82) is 0 Å². The second kappa shape index (κ2) is 5.01. The van der Waals surface area contributed by atoms with Crippen LogP contribution in [0.1, 0.15) is 11.3 Å². The first-order chi connectivity index (χ1) is 10.2. The van der Waals surface area contributed by atoms with Crippen LogP contribution in [-0.4, -0.2) is 14.8 Å². The van der Waals surface area contributed by atoms with Crippen molar-refractivity contribution in [3.05, 3.63) is 34.3 Å². The average Bonchev–Trinajstić information content (AvgIpc) is 2.92. The molecular weight excluding hydrogens is 367 g/mol. The monoisotopic (exact) mass is 375 g/mol. The van der Waals surface area contributed by atoms with E-state index in [1.54, 1.807) is 12.1 Å². The molecule has 0 unspecified atom stereocenters. The Kier molecular flexibility index (Phi) is 3.39. The molecule has 0 bridgehead atoms. The highest BCUT2D eigenvalue weighted by Gasteiger charge is 2.35. The molecule has 116 valence electrons. The minimum Gasteiger partial charge on any atom is -0.437 e. The van der Waals surface area contributed by atoms with Gasteiger partial charge in [0, 0.05) is 29.0 Å². The minimum absolute atomic E-state index is 0.0432. The first kappa shape index (κ1) is 14.9. The molecule has 0 amide bonds. The molecule has 0 saturated heterocycles. The highest BCUT2D eigenvalue weighted by Crippen LogP contribution is 2.35. The quantitative estimate of drug-likeness (QED) is 0.664. The summed E-state index contributed by atoms with van der Waals surface area (Å²) in [6.07, 6.45) is -4.53. The van der Waals surface area contributed by atoms with E-state index in [1.807, 2.05) is 6.92 Å². The van der Waals surface area contributed by atoms with E-state index in [4.69, 9.17) is 9.15 Å². The molecule has 0 N–H and O–H groups in total. The number of hydrogen-bond donors (Lipinski definition) is 0. The summed E-state index contributed by atoms with van der Waals surface area (Å²) < 4.78 is 49.9. The summed E-state index contributed by atoms with van der Waals surface area (Å²) in [5.41, 5.74) is 0.687. The highest BCUT2D eigenvalue weighted by molar-refractivity contribution is 9.10. The zero-order valence-electron chi connectivity index (χ0n) is 11.4. The maximum atomic E-state index is 12.7. The van der Waals surface area contributed by atoms with E-state index < -0.39 is 11.9 Å². The van der Waals surface area contributed by atoms with Crippen molar-refractivity contribution < 1.29 is 22.3 Å². The van der Waals surface area contributed by atoms with Crippen LogP contribution in [0.5, 0.6) is 11.6 Å². The van der Waals surface area contributed by atoms with Gasteiger partial charge >= 0.3 is 6.18 Å². The fourth-order valence-corrected chi connectivity index (χ4v) is 2.33. The summed E-state index contributed by atoms with van der Waals surface area (Å²) in [6.45, 7) is 1.81. The highest BCUT2D eigenvalue weighted by atomic mass is 79.9. The van der Waals surface area contributed by atoms with Crippen LogP contribution >= 0.6 is 15.9 Å². The third kappa shape index (κ3) is 2.68. The van der Waals surface area contributed by atoms with Crippen molar-refractivity contribution in [2.45, 2.75) is 13.1 Å². The van der Waals surface area contributed by atoms with E-state index >= 15 is 0 Å². The fourth-order valence-electron chi connectivity index (χ4n) is 1.98. The number of nitrogens with zero attached hydrogens (tertiary/aromatic N) is 3. The lowest BCUT2D eigenvalue weighted by atomic mass is 10.2. The Bertz CT molecular complexity index is 854. The maximum absolute atomic E-state index is 12.7. The van der Waals surface area contributed by atoms with E-state index in [2.05, 4.69) is 26.0 Å².